The second kappa shape index (κ2) is 8.53. The number of amides is 1. The molecule has 0 unspecified atom stereocenters. The van der Waals surface area contributed by atoms with Gasteiger partial charge in [0.15, 0.2) is 11.5 Å². The molecule has 0 atom stereocenters. The summed E-state index contributed by atoms with van der Waals surface area (Å²) in [6, 6.07) is 11.1. The molecule has 7 heteroatoms. The monoisotopic (exact) mass is 395 g/mol. The molecule has 1 N–H and O–H groups in total. The largest absolute Gasteiger partial charge is 0.496 e. The Morgan fingerprint density at radius 3 is 2.66 bits per heavy atom. The van der Waals surface area contributed by atoms with Gasteiger partial charge in [-0.1, -0.05) is 0 Å². The molecule has 152 valence electrons. The van der Waals surface area contributed by atoms with E-state index in [0.29, 0.717) is 17.1 Å². The molecule has 2 aliphatic heterocycles. The van der Waals surface area contributed by atoms with Gasteiger partial charge in [0.25, 0.3) is 5.91 Å². The molecule has 0 aliphatic carbocycles. The topological polar surface area (TPSA) is 72.4 Å². The number of carbonyl (C=O) groups is 1. The van der Waals surface area contributed by atoms with Gasteiger partial charge in [0.05, 0.1) is 12.8 Å². The Balaban J connectivity index is 1.47. The number of nitrogens with zero attached hydrogens (tertiary/aromatic N) is 2. The molecule has 0 saturated carbocycles. The highest BCUT2D eigenvalue weighted by molar-refractivity contribution is 6.01. The van der Waals surface area contributed by atoms with Crippen molar-refractivity contribution in [1.29, 1.82) is 0 Å². The Morgan fingerprint density at radius 1 is 1.10 bits per heavy atom. The van der Waals surface area contributed by atoms with Crippen molar-refractivity contribution in [1.82, 2.24) is 10.3 Å². The minimum atomic E-state index is -0.298. The SMILES string of the molecule is COc1ccc(/C(C)=N\NC(=O)c2ccc3c(c2)OCO3)cc1CN1CCCC1. The molecule has 4 rings (SSSR count). The fourth-order valence-corrected chi connectivity index (χ4v) is 3.61. The predicted molar refractivity (Wildman–Crippen MR) is 110 cm³/mol. The number of hydrazone groups is 1. The first kappa shape index (κ1) is 19.3. The average molecular weight is 395 g/mol. The fourth-order valence-electron chi connectivity index (χ4n) is 3.61. The van der Waals surface area contributed by atoms with Gasteiger partial charge in [-0.05, 0) is 74.8 Å². The summed E-state index contributed by atoms with van der Waals surface area (Å²) in [5.41, 5.74) is 5.89. The molecule has 2 aromatic rings. The number of hydrogen-bond acceptors (Lipinski definition) is 6. The van der Waals surface area contributed by atoms with Crippen LogP contribution in [0.2, 0.25) is 0 Å². The van der Waals surface area contributed by atoms with Crippen molar-refractivity contribution in [2.24, 2.45) is 5.10 Å². The Hall–Kier alpha value is -3.06. The third kappa shape index (κ3) is 4.35. The number of hydrogen-bond donors (Lipinski definition) is 1. The van der Waals surface area contributed by atoms with Crippen LogP contribution in [0.15, 0.2) is 41.5 Å². The van der Waals surface area contributed by atoms with E-state index in [4.69, 9.17) is 14.2 Å². The van der Waals surface area contributed by atoms with Gasteiger partial charge in [0, 0.05) is 17.7 Å². The molecule has 1 fully saturated rings. The number of likely N-dealkylation sites (tertiary alicyclic amines) is 1. The zero-order valence-electron chi connectivity index (χ0n) is 16.7. The van der Waals surface area contributed by atoms with Gasteiger partial charge in [-0.3, -0.25) is 9.69 Å². The molecule has 0 radical (unpaired) electrons. The van der Waals surface area contributed by atoms with Crippen molar-refractivity contribution >= 4 is 11.6 Å². The first-order valence-corrected chi connectivity index (χ1v) is 9.78. The van der Waals surface area contributed by atoms with Gasteiger partial charge in [0.2, 0.25) is 6.79 Å². The Labute approximate surface area is 170 Å². The first-order valence-electron chi connectivity index (χ1n) is 9.78. The van der Waals surface area contributed by atoms with Crippen molar-refractivity contribution < 1.29 is 19.0 Å². The summed E-state index contributed by atoms with van der Waals surface area (Å²) in [7, 11) is 1.69. The Kier molecular flexibility index (Phi) is 5.67. The van der Waals surface area contributed by atoms with Gasteiger partial charge in [0.1, 0.15) is 5.75 Å². The number of benzene rings is 2. The van der Waals surface area contributed by atoms with Gasteiger partial charge >= 0.3 is 0 Å². The predicted octanol–water partition coefficient (Wildman–Crippen LogP) is 3.17. The van der Waals surface area contributed by atoms with E-state index in [9.17, 15) is 4.79 Å². The van der Waals surface area contributed by atoms with E-state index in [1.165, 1.54) is 12.8 Å². The molecule has 7 nitrogen and oxygen atoms in total. The maximum absolute atomic E-state index is 12.4. The normalized spacial score (nSPS) is 16.1. The molecule has 1 amide bonds. The molecule has 0 bridgehead atoms. The van der Waals surface area contributed by atoms with Crippen LogP contribution in [0.5, 0.6) is 17.2 Å². The van der Waals surface area contributed by atoms with Crippen LogP contribution in [-0.2, 0) is 6.54 Å². The fraction of sp³-hybridized carbons (Fsp3) is 0.364. The van der Waals surface area contributed by atoms with Crippen molar-refractivity contribution in [3.05, 3.63) is 53.1 Å². The highest BCUT2D eigenvalue weighted by Gasteiger charge is 2.17. The highest BCUT2D eigenvalue weighted by Crippen LogP contribution is 2.32. The number of fused-ring (bicyclic) bond motifs is 1. The highest BCUT2D eigenvalue weighted by atomic mass is 16.7. The van der Waals surface area contributed by atoms with Crippen LogP contribution in [-0.4, -0.2) is 43.5 Å². The van der Waals surface area contributed by atoms with Crippen LogP contribution in [0.1, 0.15) is 41.3 Å². The smallest absolute Gasteiger partial charge is 0.271 e. The van der Waals surface area contributed by atoms with E-state index in [2.05, 4.69) is 21.5 Å². The van der Waals surface area contributed by atoms with Gasteiger partial charge in [-0.25, -0.2) is 5.43 Å². The van der Waals surface area contributed by atoms with Crippen molar-refractivity contribution in [3.8, 4) is 17.2 Å². The minimum Gasteiger partial charge on any atom is -0.496 e. The first-order chi connectivity index (χ1) is 14.1. The molecule has 1 saturated heterocycles. The third-order valence-corrected chi connectivity index (χ3v) is 5.25. The zero-order chi connectivity index (χ0) is 20.2. The van der Waals surface area contributed by atoms with E-state index in [0.717, 1.165) is 42.2 Å². The lowest BCUT2D eigenvalue weighted by molar-refractivity contribution is 0.0954. The molecule has 2 heterocycles. The summed E-state index contributed by atoms with van der Waals surface area (Å²) in [5, 5.41) is 4.28. The van der Waals surface area contributed by atoms with Gasteiger partial charge in [-0.15, -0.1) is 0 Å². The number of rotatable bonds is 6. The Morgan fingerprint density at radius 2 is 1.86 bits per heavy atom. The van der Waals surface area contributed by atoms with Crippen LogP contribution in [0.4, 0.5) is 0 Å². The molecule has 2 aliphatic rings. The molecular weight excluding hydrogens is 370 g/mol. The lowest BCUT2D eigenvalue weighted by Gasteiger charge is -2.17. The van der Waals surface area contributed by atoms with Crippen molar-refractivity contribution in [2.45, 2.75) is 26.3 Å². The van der Waals surface area contributed by atoms with Crippen molar-refractivity contribution in [2.75, 3.05) is 27.0 Å². The quantitative estimate of drug-likeness (QED) is 0.601. The van der Waals surface area contributed by atoms with E-state index in [1.807, 2.05) is 19.1 Å². The molecular formula is C22H25N3O4. The number of methoxy groups -OCH3 is 1. The lowest BCUT2D eigenvalue weighted by atomic mass is 10.1. The Bertz CT molecular complexity index is 936. The average Bonchev–Trinajstić information content (AvgIpc) is 3.42. The number of carbonyl (C=O) groups excluding carboxylic acids is 1. The van der Waals surface area contributed by atoms with E-state index < -0.39 is 0 Å². The summed E-state index contributed by atoms with van der Waals surface area (Å²) >= 11 is 0. The second-order valence-electron chi connectivity index (χ2n) is 7.22. The maximum Gasteiger partial charge on any atom is 0.271 e. The van der Waals surface area contributed by atoms with Crippen LogP contribution in [0, 0.1) is 0 Å². The van der Waals surface area contributed by atoms with E-state index in [1.54, 1.807) is 25.3 Å². The standard InChI is InChI=1S/C22H25N3O4/c1-15(23-24-22(26)17-6-8-20-21(12-17)29-14-28-20)16-5-7-19(27-2)18(11-16)13-25-9-3-4-10-25/h5-8,11-12H,3-4,9-10,13-14H2,1-2H3,(H,24,26)/b23-15-. The summed E-state index contributed by atoms with van der Waals surface area (Å²) in [6.07, 6.45) is 2.49. The molecule has 0 aromatic heterocycles. The van der Waals surface area contributed by atoms with E-state index in [-0.39, 0.29) is 12.7 Å². The molecule has 2 aromatic carbocycles. The number of ether oxygens (including phenoxy) is 3. The summed E-state index contributed by atoms with van der Waals surface area (Å²) in [4.78, 5) is 14.9. The van der Waals surface area contributed by atoms with Gasteiger partial charge in [-0.2, -0.15) is 5.10 Å². The van der Waals surface area contributed by atoms with E-state index >= 15 is 0 Å². The van der Waals surface area contributed by atoms with Crippen molar-refractivity contribution in [3.63, 3.8) is 0 Å². The summed E-state index contributed by atoms with van der Waals surface area (Å²) in [6.45, 7) is 5.14. The third-order valence-electron chi connectivity index (χ3n) is 5.25. The summed E-state index contributed by atoms with van der Waals surface area (Å²) < 4.78 is 16.1. The van der Waals surface area contributed by atoms with Gasteiger partial charge < -0.3 is 14.2 Å². The lowest BCUT2D eigenvalue weighted by Crippen LogP contribution is -2.20. The van der Waals surface area contributed by atoms with Crippen LogP contribution < -0.4 is 19.6 Å². The van der Waals surface area contributed by atoms with Crippen LogP contribution in [0.3, 0.4) is 0 Å². The summed E-state index contributed by atoms with van der Waals surface area (Å²) in [5.74, 6) is 1.79. The molecule has 29 heavy (non-hydrogen) atoms. The number of nitrogens with one attached hydrogen (secondary N) is 1. The second-order valence-corrected chi connectivity index (χ2v) is 7.22. The maximum atomic E-state index is 12.4. The minimum absolute atomic E-state index is 0.175. The van der Waals surface area contributed by atoms with Crippen LogP contribution in [0.25, 0.3) is 0 Å². The molecule has 0 spiro atoms. The van der Waals surface area contributed by atoms with Crippen LogP contribution >= 0.6 is 0 Å². The zero-order valence-corrected chi connectivity index (χ0v) is 16.7.